The number of benzene rings is 2. The fraction of sp³-hybridized carbons (Fsp3) is 0.188. The molecule has 2 aromatic rings. The number of fused-ring (bicyclic) bond motifs is 2. The zero-order valence-electron chi connectivity index (χ0n) is 11.6. The summed E-state index contributed by atoms with van der Waals surface area (Å²) in [5.74, 6) is -0.134. The maximum absolute atomic E-state index is 12.5. The molecular formula is C16H13N2O3S+. The topological polar surface area (TPSA) is 54.5 Å². The van der Waals surface area contributed by atoms with Gasteiger partial charge in [-0.2, -0.15) is 8.42 Å². The van der Waals surface area contributed by atoms with E-state index in [0.717, 1.165) is 16.8 Å². The summed E-state index contributed by atoms with van der Waals surface area (Å²) in [6, 6.07) is 16.8. The fourth-order valence-electron chi connectivity index (χ4n) is 3.82. The van der Waals surface area contributed by atoms with E-state index < -0.39 is 15.4 Å². The van der Waals surface area contributed by atoms with Crippen molar-refractivity contribution in [2.24, 2.45) is 0 Å². The van der Waals surface area contributed by atoms with Crippen molar-refractivity contribution in [2.75, 3.05) is 5.01 Å². The molecule has 0 aromatic heterocycles. The molecule has 5 rings (SSSR count). The SMILES string of the molecule is O=C1Cc2ccccc2N1[N+]12C(c3ccccc3)C1S2(=O)=O. The largest absolute Gasteiger partial charge is 0.386 e. The fourth-order valence-corrected chi connectivity index (χ4v) is 6.32. The molecule has 3 atom stereocenters. The lowest BCUT2D eigenvalue weighted by molar-refractivity contribution is -0.641. The summed E-state index contributed by atoms with van der Waals surface area (Å²) in [5, 5.41) is 0.998. The second-order valence-corrected chi connectivity index (χ2v) is 8.04. The number of carbonyl (C=O) groups excluding carboxylic acids is 1. The van der Waals surface area contributed by atoms with Gasteiger partial charge in [0, 0.05) is 5.56 Å². The predicted molar refractivity (Wildman–Crippen MR) is 79.8 cm³/mol. The molecule has 0 aliphatic carbocycles. The van der Waals surface area contributed by atoms with Crippen molar-refractivity contribution < 1.29 is 17.2 Å². The number of nitrogens with zero attached hydrogens (tertiary/aromatic N) is 2. The molecule has 2 saturated heterocycles. The minimum absolute atomic E-state index is 0.134. The van der Waals surface area contributed by atoms with Gasteiger partial charge in [0.15, 0.2) is 0 Å². The second-order valence-electron chi connectivity index (χ2n) is 5.94. The van der Waals surface area contributed by atoms with Gasteiger partial charge in [-0.3, -0.25) is 4.79 Å². The molecule has 3 aliphatic rings. The number of para-hydroxylation sites is 1. The first-order valence-electron chi connectivity index (χ1n) is 7.19. The Kier molecular flexibility index (Phi) is 2.02. The van der Waals surface area contributed by atoms with Crippen LogP contribution >= 0.6 is 0 Å². The molecule has 0 spiro atoms. The van der Waals surface area contributed by atoms with Crippen molar-refractivity contribution in [1.29, 1.82) is 0 Å². The van der Waals surface area contributed by atoms with Crippen molar-refractivity contribution in [3.05, 3.63) is 65.7 Å². The van der Waals surface area contributed by atoms with E-state index in [1.54, 1.807) is 0 Å². The Balaban J connectivity index is 1.65. The Hall–Kier alpha value is -2.18. The van der Waals surface area contributed by atoms with Crippen LogP contribution in [0.25, 0.3) is 0 Å². The lowest BCUT2D eigenvalue weighted by Crippen LogP contribution is -2.42. The molecule has 0 saturated carbocycles. The highest BCUT2D eigenvalue weighted by molar-refractivity contribution is 7.93. The minimum Gasteiger partial charge on any atom is -0.269 e. The molecule has 3 unspecified atom stereocenters. The maximum atomic E-state index is 12.5. The van der Waals surface area contributed by atoms with E-state index in [1.165, 1.54) is 5.01 Å². The van der Waals surface area contributed by atoms with Crippen LogP contribution in [0.4, 0.5) is 5.69 Å². The Morgan fingerprint density at radius 3 is 2.41 bits per heavy atom. The summed E-state index contributed by atoms with van der Waals surface area (Å²) in [7, 11) is -3.27. The highest BCUT2D eigenvalue weighted by Gasteiger charge is 3.04. The lowest BCUT2D eigenvalue weighted by Gasteiger charge is -2.19. The second kappa shape index (κ2) is 3.59. The average Bonchev–Trinajstić information content (AvgIpc) is 3.30. The molecule has 1 amide bonds. The van der Waals surface area contributed by atoms with Gasteiger partial charge in [0.25, 0.3) is 5.91 Å². The van der Waals surface area contributed by atoms with Gasteiger partial charge in [0.1, 0.15) is 5.69 Å². The maximum Gasteiger partial charge on any atom is 0.386 e. The van der Waals surface area contributed by atoms with Gasteiger partial charge in [0.05, 0.1) is 6.42 Å². The summed E-state index contributed by atoms with van der Waals surface area (Å²) in [6.07, 6.45) is 0.278. The van der Waals surface area contributed by atoms with Crippen LogP contribution in [-0.2, 0) is 21.2 Å². The summed E-state index contributed by atoms with van der Waals surface area (Å²) in [6.45, 7) is 0. The van der Waals surface area contributed by atoms with Crippen LogP contribution in [-0.4, -0.2) is 23.7 Å². The zero-order chi connectivity index (χ0) is 15.1. The van der Waals surface area contributed by atoms with Crippen LogP contribution in [0.5, 0.6) is 0 Å². The molecule has 0 radical (unpaired) electrons. The van der Waals surface area contributed by atoms with E-state index in [9.17, 15) is 13.2 Å². The van der Waals surface area contributed by atoms with E-state index >= 15 is 0 Å². The monoisotopic (exact) mass is 313 g/mol. The zero-order valence-corrected chi connectivity index (χ0v) is 12.4. The standard InChI is InChI=1S/C16H13N2O3S/c19-14-10-12-8-4-5-9-13(12)17(14)18-15(16(18)22(18,20)21)11-6-2-1-3-7-11/h1-9,15-16H,10H2/q+1. The Bertz CT molecular complexity index is 925. The smallest absolute Gasteiger partial charge is 0.269 e. The normalized spacial score (nSPS) is 33.3. The number of rotatable bonds is 2. The first-order chi connectivity index (χ1) is 10.6. The van der Waals surface area contributed by atoms with Crippen molar-refractivity contribution in [1.82, 2.24) is 0 Å². The van der Waals surface area contributed by atoms with Crippen LogP contribution in [0.15, 0.2) is 54.6 Å². The number of hydrogen-bond acceptors (Lipinski definition) is 3. The molecule has 0 bridgehead atoms. The molecule has 2 fully saturated rings. The van der Waals surface area contributed by atoms with Crippen LogP contribution < -0.4 is 5.01 Å². The first-order valence-corrected chi connectivity index (χ1v) is 8.69. The van der Waals surface area contributed by atoms with E-state index in [1.807, 2.05) is 54.6 Å². The summed E-state index contributed by atoms with van der Waals surface area (Å²) < 4.78 is 24.5. The van der Waals surface area contributed by atoms with Crippen LogP contribution in [0.1, 0.15) is 17.2 Å². The van der Waals surface area contributed by atoms with E-state index in [2.05, 4.69) is 0 Å². The summed E-state index contributed by atoms with van der Waals surface area (Å²) >= 11 is 0. The highest BCUT2D eigenvalue weighted by atomic mass is 32.2. The van der Waals surface area contributed by atoms with Crippen LogP contribution in [0.2, 0.25) is 0 Å². The highest BCUT2D eigenvalue weighted by Crippen LogP contribution is 2.75. The number of anilines is 1. The third-order valence-corrected chi connectivity index (χ3v) is 7.27. The van der Waals surface area contributed by atoms with Crippen molar-refractivity contribution in [3.63, 3.8) is 0 Å². The quantitative estimate of drug-likeness (QED) is 0.627. The predicted octanol–water partition coefficient (Wildman–Crippen LogP) is 1.73. The number of amides is 1. The molecule has 6 heteroatoms. The van der Waals surface area contributed by atoms with Gasteiger partial charge >= 0.3 is 15.4 Å². The molecule has 2 aromatic carbocycles. The summed E-state index contributed by atoms with van der Waals surface area (Å²) in [4.78, 5) is 12.5. The molecule has 110 valence electrons. The third-order valence-electron chi connectivity index (χ3n) is 4.86. The first kappa shape index (κ1) is 12.4. The third kappa shape index (κ3) is 1.16. The van der Waals surface area contributed by atoms with Crippen LogP contribution in [0.3, 0.4) is 0 Å². The minimum atomic E-state index is -3.27. The van der Waals surface area contributed by atoms with Gasteiger partial charge in [-0.05, 0) is 11.6 Å². The molecule has 0 N–H and O–H groups in total. The number of sulfonamides is 1. The Labute approximate surface area is 128 Å². The summed E-state index contributed by atoms with van der Waals surface area (Å²) in [5.41, 5.74) is 2.61. The Morgan fingerprint density at radius 1 is 1.00 bits per heavy atom. The lowest BCUT2D eigenvalue weighted by atomic mass is 10.2. The van der Waals surface area contributed by atoms with Crippen molar-refractivity contribution in [2.45, 2.75) is 17.8 Å². The van der Waals surface area contributed by atoms with Gasteiger partial charge < -0.3 is 0 Å². The van der Waals surface area contributed by atoms with E-state index in [4.69, 9.17) is 0 Å². The number of carbonyl (C=O) groups is 1. The van der Waals surface area contributed by atoms with Gasteiger partial charge in [-0.1, -0.05) is 52.5 Å². The molecule has 5 nitrogen and oxygen atoms in total. The Morgan fingerprint density at radius 2 is 1.68 bits per heavy atom. The molecule has 3 aliphatic heterocycles. The molecule has 22 heavy (non-hydrogen) atoms. The van der Waals surface area contributed by atoms with E-state index in [0.29, 0.717) is 0 Å². The molecular weight excluding hydrogens is 300 g/mol. The van der Waals surface area contributed by atoms with Crippen molar-refractivity contribution in [3.8, 4) is 0 Å². The number of quaternary nitrogens is 1. The van der Waals surface area contributed by atoms with Gasteiger partial charge in [0.2, 0.25) is 6.04 Å². The average molecular weight is 313 g/mol. The van der Waals surface area contributed by atoms with Gasteiger partial charge in [-0.15, -0.1) is 5.01 Å². The van der Waals surface area contributed by atoms with Crippen molar-refractivity contribution >= 4 is 21.6 Å². The number of hydrogen-bond donors (Lipinski definition) is 0. The van der Waals surface area contributed by atoms with E-state index in [-0.39, 0.29) is 22.4 Å². The van der Waals surface area contributed by atoms with Gasteiger partial charge in [-0.25, -0.2) is 0 Å². The molecule has 3 heterocycles. The van der Waals surface area contributed by atoms with Crippen LogP contribution in [0, 0.1) is 0 Å².